The molecule has 1 aromatic rings. The van der Waals surface area contributed by atoms with Crippen LogP contribution in [0.1, 0.15) is 25.7 Å². The summed E-state index contributed by atoms with van der Waals surface area (Å²) in [6.45, 7) is 1.97. The van der Waals surface area contributed by atoms with Crippen molar-refractivity contribution >= 4 is 11.5 Å². The Morgan fingerprint density at radius 1 is 1.53 bits per heavy atom. The van der Waals surface area contributed by atoms with Crippen LogP contribution in [-0.2, 0) is 0 Å². The summed E-state index contributed by atoms with van der Waals surface area (Å²) >= 11 is 0. The van der Waals surface area contributed by atoms with Crippen molar-refractivity contribution < 1.29 is 4.92 Å². The molecule has 0 radical (unpaired) electrons. The Kier molecular flexibility index (Phi) is 4.68. The second kappa shape index (κ2) is 6.47. The molecule has 0 bridgehead atoms. The lowest BCUT2D eigenvalue weighted by Gasteiger charge is -2.36. The minimum atomic E-state index is -0.411. The fraction of sp³-hybridized carbons (Fsp3) is 0.615. The first-order chi connectivity index (χ1) is 9.22. The smallest absolute Gasteiger partial charge is 0.287 e. The van der Waals surface area contributed by atoms with E-state index in [9.17, 15) is 10.1 Å². The molecule has 0 aliphatic carbocycles. The van der Waals surface area contributed by atoms with Gasteiger partial charge in [-0.05, 0) is 45.3 Å². The third-order valence-electron chi connectivity index (χ3n) is 3.59. The van der Waals surface area contributed by atoms with Crippen LogP contribution in [0.5, 0.6) is 0 Å². The van der Waals surface area contributed by atoms with Gasteiger partial charge in [0.1, 0.15) is 12.0 Å². The monoisotopic (exact) mass is 264 g/mol. The standard InChI is InChI=1S/C13H20N4O2/c1-14-8-7-11-4-2-3-9-16(11)13-6-5-12(10-15-13)17(18)19/h5-6,10-11,14H,2-4,7-9H2,1H3. The minimum absolute atomic E-state index is 0.0486. The molecule has 2 rings (SSSR count). The topological polar surface area (TPSA) is 71.3 Å². The summed E-state index contributed by atoms with van der Waals surface area (Å²) in [5.41, 5.74) is 0.0486. The molecule has 1 saturated heterocycles. The maximum absolute atomic E-state index is 10.6. The largest absolute Gasteiger partial charge is 0.354 e. The van der Waals surface area contributed by atoms with Gasteiger partial charge in [-0.3, -0.25) is 10.1 Å². The Bertz CT molecular complexity index is 421. The zero-order chi connectivity index (χ0) is 13.7. The van der Waals surface area contributed by atoms with Gasteiger partial charge in [-0.25, -0.2) is 4.98 Å². The lowest BCUT2D eigenvalue weighted by atomic mass is 9.99. The maximum Gasteiger partial charge on any atom is 0.287 e. The van der Waals surface area contributed by atoms with Crippen LogP contribution >= 0.6 is 0 Å². The Morgan fingerprint density at radius 2 is 2.37 bits per heavy atom. The average molecular weight is 264 g/mol. The maximum atomic E-state index is 10.6. The van der Waals surface area contributed by atoms with Gasteiger partial charge in [-0.1, -0.05) is 0 Å². The molecule has 1 aromatic heterocycles. The number of anilines is 1. The van der Waals surface area contributed by atoms with Crippen LogP contribution in [0.25, 0.3) is 0 Å². The second-order valence-corrected chi connectivity index (χ2v) is 4.87. The number of hydrogen-bond acceptors (Lipinski definition) is 5. The average Bonchev–Trinajstić information content (AvgIpc) is 2.45. The molecule has 1 N–H and O–H groups in total. The van der Waals surface area contributed by atoms with Gasteiger partial charge in [-0.15, -0.1) is 0 Å². The second-order valence-electron chi connectivity index (χ2n) is 4.87. The number of hydrogen-bond donors (Lipinski definition) is 1. The summed E-state index contributed by atoms with van der Waals surface area (Å²) in [5.74, 6) is 0.853. The fourth-order valence-corrected chi connectivity index (χ4v) is 2.57. The molecule has 0 saturated carbocycles. The molecule has 0 aromatic carbocycles. The Morgan fingerprint density at radius 3 is 3.00 bits per heavy atom. The number of nitrogens with zero attached hydrogens (tertiary/aromatic N) is 3. The van der Waals surface area contributed by atoms with E-state index in [1.807, 2.05) is 7.05 Å². The zero-order valence-corrected chi connectivity index (χ0v) is 11.2. The molecule has 1 aliphatic rings. The van der Waals surface area contributed by atoms with E-state index in [4.69, 9.17) is 0 Å². The van der Waals surface area contributed by atoms with Crippen LogP contribution in [0, 0.1) is 10.1 Å². The minimum Gasteiger partial charge on any atom is -0.354 e. The molecule has 104 valence electrons. The lowest BCUT2D eigenvalue weighted by Crippen LogP contribution is -2.41. The number of aromatic nitrogens is 1. The van der Waals surface area contributed by atoms with Gasteiger partial charge in [0.25, 0.3) is 5.69 Å². The SMILES string of the molecule is CNCCC1CCCCN1c1ccc([N+](=O)[O-])cn1. The zero-order valence-electron chi connectivity index (χ0n) is 11.2. The molecule has 0 spiro atoms. The van der Waals surface area contributed by atoms with E-state index >= 15 is 0 Å². The molecule has 0 amide bonds. The highest BCUT2D eigenvalue weighted by molar-refractivity contribution is 5.44. The Balaban J connectivity index is 2.10. The first kappa shape index (κ1) is 13.7. The number of nitrogens with one attached hydrogen (secondary N) is 1. The molecule has 1 fully saturated rings. The highest BCUT2D eigenvalue weighted by Gasteiger charge is 2.23. The molecule has 1 unspecified atom stereocenters. The lowest BCUT2D eigenvalue weighted by molar-refractivity contribution is -0.385. The summed E-state index contributed by atoms with van der Waals surface area (Å²) in [6, 6.07) is 3.78. The predicted octanol–water partition coefficient (Wildman–Crippen LogP) is 1.96. The van der Waals surface area contributed by atoms with Crippen LogP contribution < -0.4 is 10.2 Å². The van der Waals surface area contributed by atoms with Crippen LogP contribution in [0.15, 0.2) is 18.3 Å². The summed E-state index contributed by atoms with van der Waals surface area (Å²) in [5, 5.41) is 13.8. The number of pyridine rings is 1. The predicted molar refractivity (Wildman–Crippen MR) is 74.4 cm³/mol. The van der Waals surface area contributed by atoms with Crippen molar-refractivity contribution in [2.24, 2.45) is 0 Å². The van der Waals surface area contributed by atoms with Crippen molar-refractivity contribution in [1.82, 2.24) is 10.3 Å². The van der Waals surface area contributed by atoms with Crippen molar-refractivity contribution in [3.63, 3.8) is 0 Å². The van der Waals surface area contributed by atoms with Gasteiger partial charge in [0.2, 0.25) is 0 Å². The highest BCUT2D eigenvalue weighted by Crippen LogP contribution is 2.25. The van der Waals surface area contributed by atoms with Crippen molar-refractivity contribution in [3.05, 3.63) is 28.4 Å². The van der Waals surface area contributed by atoms with E-state index in [1.54, 1.807) is 6.07 Å². The molecule has 2 heterocycles. The van der Waals surface area contributed by atoms with Gasteiger partial charge >= 0.3 is 0 Å². The first-order valence-corrected chi connectivity index (χ1v) is 6.74. The summed E-state index contributed by atoms with van der Waals surface area (Å²) in [7, 11) is 1.96. The molecule has 19 heavy (non-hydrogen) atoms. The van der Waals surface area contributed by atoms with E-state index in [-0.39, 0.29) is 5.69 Å². The van der Waals surface area contributed by atoms with E-state index in [0.29, 0.717) is 6.04 Å². The molecule has 1 aliphatic heterocycles. The number of rotatable bonds is 5. The van der Waals surface area contributed by atoms with Crippen LogP contribution in [0.3, 0.4) is 0 Å². The molecular formula is C13H20N4O2. The van der Waals surface area contributed by atoms with Gasteiger partial charge in [-0.2, -0.15) is 0 Å². The van der Waals surface area contributed by atoms with Gasteiger partial charge in [0.15, 0.2) is 0 Å². The van der Waals surface area contributed by atoms with Crippen molar-refractivity contribution in [1.29, 1.82) is 0 Å². The summed E-state index contributed by atoms with van der Waals surface area (Å²) < 4.78 is 0. The summed E-state index contributed by atoms with van der Waals surface area (Å²) in [4.78, 5) is 16.8. The number of piperidine rings is 1. The van der Waals surface area contributed by atoms with Crippen molar-refractivity contribution in [2.45, 2.75) is 31.7 Å². The summed E-state index contributed by atoms with van der Waals surface area (Å²) in [6.07, 6.45) is 6.00. The van der Waals surface area contributed by atoms with Gasteiger partial charge < -0.3 is 10.2 Å². The molecule has 1 atom stereocenters. The normalized spacial score (nSPS) is 19.4. The first-order valence-electron chi connectivity index (χ1n) is 6.74. The molecular weight excluding hydrogens is 244 g/mol. The van der Waals surface area contributed by atoms with Gasteiger partial charge in [0, 0.05) is 18.7 Å². The van der Waals surface area contributed by atoms with Crippen molar-refractivity contribution in [3.8, 4) is 0 Å². The third-order valence-corrected chi connectivity index (χ3v) is 3.59. The van der Waals surface area contributed by atoms with Gasteiger partial charge in [0.05, 0.1) is 4.92 Å². The Labute approximate surface area is 113 Å². The van der Waals surface area contributed by atoms with Crippen molar-refractivity contribution in [2.75, 3.05) is 25.0 Å². The van der Waals surface area contributed by atoms with E-state index in [0.717, 1.165) is 31.7 Å². The van der Waals surface area contributed by atoms with Crippen LogP contribution in [-0.4, -0.2) is 36.1 Å². The van der Waals surface area contributed by atoms with Crippen LogP contribution in [0.4, 0.5) is 11.5 Å². The quantitative estimate of drug-likeness (QED) is 0.650. The van der Waals surface area contributed by atoms with E-state index in [2.05, 4.69) is 15.2 Å². The third kappa shape index (κ3) is 3.41. The van der Waals surface area contributed by atoms with E-state index < -0.39 is 4.92 Å². The van der Waals surface area contributed by atoms with E-state index in [1.165, 1.54) is 25.1 Å². The molecule has 6 nitrogen and oxygen atoms in total. The van der Waals surface area contributed by atoms with Crippen LogP contribution in [0.2, 0.25) is 0 Å². The highest BCUT2D eigenvalue weighted by atomic mass is 16.6. The fourth-order valence-electron chi connectivity index (χ4n) is 2.57. The molecule has 6 heteroatoms. The number of nitro groups is 1. The Hall–Kier alpha value is -1.69.